The molecule has 0 spiro atoms. The van der Waals surface area contributed by atoms with E-state index in [0.717, 1.165) is 45.7 Å². The number of aromatic nitrogens is 6. The van der Waals surface area contributed by atoms with E-state index in [1.807, 2.05) is 55.2 Å². The molecular weight excluding hydrogens is 582 g/mol. The lowest BCUT2D eigenvalue weighted by Gasteiger charge is -2.45. The molecule has 11 nitrogen and oxygen atoms in total. The maximum atomic E-state index is 15.2. The fraction of sp³-hybridized carbons (Fsp3) is 0.438. The lowest BCUT2D eigenvalue weighted by atomic mass is 9.92. The average Bonchev–Trinajstić information content (AvgIpc) is 3.67. The van der Waals surface area contributed by atoms with Crippen molar-refractivity contribution >= 4 is 22.8 Å². The molecule has 3 fully saturated rings. The van der Waals surface area contributed by atoms with E-state index in [-0.39, 0.29) is 12.1 Å². The van der Waals surface area contributed by atoms with E-state index in [9.17, 15) is 14.0 Å². The highest BCUT2D eigenvalue weighted by atomic mass is 19.1. The van der Waals surface area contributed by atoms with E-state index in [2.05, 4.69) is 26.4 Å². The van der Waals surface area contributed by atoms with Crippen LogP contribution in [0, 0.1) is 6.92 Å². The van der Waals surface area contributed by atoms with Crippen molar-refractivity contribution in [2.75, 3.05) is 26.2 Å². The molecule has 0 bridgehead atoms. The number of rotatable bonds is 8. The van der Waals surface area contributed by atoms with Gasteiger partial charge in [0.1, 0.15) is 23.1 Å². The number of hydrogen-bond acceptors (Lipinski definition) is 7. The molecule has 0 radical (unpaired) electrons. The molecular formula is C32H34F2N8O3. The van der Waals surface area contributed by atoms with Gasteiger partial charge in [0.2, 0.25) is 5.67 Å². The van der Waals surface area contributed by atoms with Crippen molar-refractivity contribution in [3.8, 4) is 17.0 Å². The van der Waals surface area contributed by atoms with Crippen molar-refractivity contribution in [3.63, 3.8) is 0 Å². The van der Waals surface area contributed by atoms with Gasteiger partial charge in [0.25, 0.3) is 11.8 Å². The Balaban J connectivity index is 1.09. The predicted octanol–water partition coefficient (Wildman–Crippen LogP) is 4.67. The topological polar surface area (TPSA) is 111 Å². The van der Waals surface area contributed by atoms with E-state index in [0.29, 0.717) is 43.4 Å². The number of benzene rings is 1. The van der Waals surface area contributed by atoms with Gasteiger partial charge in [-0.3, -0.25) is 14.6 Å². The van der Waals surface area contributed by atoms with Crippen LogP contribution in [0.15, 0.2) is 55.3 Å². The summed E-state index contributed by atoms with van der Waals surface area (Å²) in [7, 11) is 0. The average molecular weight is 617 g/mol. The summed E-state index contributed by atoms with van der Waals surface area (Å²) in [5.74, 6) is -2.11. The van der Waals surface area contributed by atoms with Gasteiger partial charge in [-0.1, -0.05) is 17.9 Å². The zero-order valence-corrected chi connectivity index (χ0v) is 25.2. The van der Waals surface area contributed by atoms with Gasteiger partial charge < -0.3 is 19.1 Å². The molecule has 1 aromatic carbocycles. The molecule has 0 unspecified atom stereocenters. The minimum Gasteiger partial charge on any atom is -0.482 e. The number of halogens is 2. The van der Waals surface area contributed by atoms with Gasteiger partial charge in [-0.05, 0) is 63.8 Å². The summed E-state index contributed by atoms with van der Waals surface area (Å²) in [6.07, 6.45) is 6.70. The van der Waals surface area contributed by atoms with Crippen molar-refractivity contribution in [2.45, 2.75) is 63.4 Å². The van der Waals surface area contributed by atoms with E-state index >= 15 is 4.39 Å². The predicted molar refractivity (Wildman–Crippen MR) is 161 cm³/mol. The number of pyridine rings is 1. The number of alkyl halides is 1. The molecule has 1 saturated carbocycles. The maximum absolute atomic E-state index is 15.2. The number of fused-ring (bicyclic) bond motifs is 1. The van der Waals surface area contributed by atoms with Gasteiger partial charge in [-0.2, -0.15) is 0 Å². The van der Waals surface area contributed by atoms with Crippen molar-refractivity contribution in [1.29, 1.82) is 0 Å². The maximum Gasteiger partial charge on any atom is 0.282 e. The first-order valence-corrected chi connectivity index (χ1v) is 15.3. The number of carbonyl (C=O) groups excluding carboxylic acids is 2. The second-order valence-corrected chi connectivity index (χ2v) is 12.3. The number of amides is 2. The van der Waals surface area contributed by atoms with E-state index in [1.54, 1.807) is 6.20 Å². The fourth-order valence-corrected chi connectivity index (χ4v) is 6.42. The summed E-state index contributed by atoms with van der Waals surface area (Å²) in [6.45, 7) is 6.64. The van der Waals surface area contributed by atoms with Gasteiger partial charge in [0.15, 0.2) is 5.83 Å². The summed E-state index contributed by atoms with van der Waals surface area (Å²) in [5.41, 5.74) is 2.80. The third kappa shape index (κ3) is 5.23. The van der Waals surface area contributed by atoms with Crippen molar-refractivity contribution in [3.05, 3.63) is 66.6 Å². The second-order valence-electron chi connectivity index (χ2n) is 12.3. The van der Waals surface area contributed by atoms with Crippen molar-refractivity contribution in [1.82, 2.24) is 39.3 Å². The zero-order valence-electron chi connectivity index (χ0n) is 25.2. The summed E-state index contributed by atoms with van der Waals surface area (Å²) >= 11 is 0. The Labute approximate surface area is 258 Å². The van der Waals surface area contributed by atoms with Crippen LogP contribution >= 0.6 is 0 Å². The summed E-state index contributed by atoms with van der Waals surface area (Å²) in [4.78, 5) is 36.2. The summed E-state index contributed by atoms with van der Waals surface area (Å²) in [6, 6.07) is 10.2. The molecule has 1 aliphatic carbocycles. The number of likely N-dealkylation sites (tertiary alicyclic amines) is 2. The Hall–Kier alpha value is -4.68. The van der Waals surface area contributed by atoms with Gasteiger partial charge in [0, 0.05) is 30.9 Å². The monoisotopic (exact) mass is 616 g/mol. The van der Waals surface area contributed by atoms with Crippen LogP contribution in [-0.4, -0.2) is 83.0 Å². The highest BCUT2D eigenvalue weighted by Crippen LogP contribution is 2.42. The molecule has 2 saturated heterocycles. The first-order valence-electron chi connectivity index (χ1n) is 15.3. The molecule has 1 atom stereocenters. The molecule has 3 aliphatic rings. The van der Waals surface area contributed by atoms with Crippen LogP contribution in [0.2, 0.25) is 0 Å². The molecule has 4 aromatic rings. The number of nitrogens with zero attached hydrogens (tertiary/aromatic N) is 8. The zero-order chi connectivity index (χ0) is 31.5. The molecule has 5 heterocycles. The van der Waals surface area contributed by atoms with Gasteiger partial charge in [-0.25, -0.2) is 18.4 Å². The third-order valence-corrected chi connectivity index (χ3v) is 9.07. The lowest BCUT2D eigenvalue weighted by Crippen LogP contribution is -2.68. The van der Waals surface area contributed by atoms with Crippen LogP contribution < -0.4 is 4.74 Å². The first-order chi connectivity index (χ1) is 21.6. The van der Waals surface area contributed by atoms with Crippen LogP contribution in [0.1, 0.15) is 62.2 Å². The minimum absolute atomic E-state index is 0.0297. The first kappa shape index (κ1) is 29.1. The Morgan fingerprint density at radius 3 is 2.49 bits per heavy atom. The SMILES string of the molecule is C=C(F)C(=O)N1CC(F)(C(=O)N2CCC(n3nnc(-c4cc(O[C@H](C)c5ccccn5)c5c(c4)ncn5C4CC4)c3C)CC2)C1. The number of piperidine rings is 1. The molecule has 2 aliphatic heterocycles. The van der Waals surface area contributed by atoms with Gasteiger partial charge >= 0.3 is 0 Å². The largest absolute Gasteiger partial charge is 0.482 e. The smallest absolute Gasteiger partial charge is 0.282 e. The third-order valence-electron chi connectivity index (χ3n) is 9.07. The van der Waals surface area contributed by atoms with Crippen molar-refractivity contribution in [2.24, 2.45) is 0 Å². The Morgan fingerprint density at radius 2 is 1.82 bits per heavy atom. The second kappa shape index (κ2) is 11.0. The summed E-state index contributed by atoms with van der Waals surface area (Å²) in [5, 5.41) is 9.04. The number of ether oxygens (including phenoxy) is 1. The Bertz CT molecular complexity index is 1790. The number of imidazole rings is 1. The highest BCUT2D eigenvalue weighted by Gasteiger charge is 2.54. The van der Waals surface area contributed by atoms with Crippen LogP contribution in [0.3, 0.4) is 0 Å². The molecule has 45 heavy (non-hydrogen) atoms. The molecule has 3 aromatic heterocycles. The molecule has 0 N–H and O–H groups in total. The van der Waals surface area contributed by atoms with Crippen LogP contribution in [0.4, 0.5) is 8.78 Å². The quantitative estimate of drug-likeness (QED) is 0.265. The summed E-state index contributed by atoms with van der Waals surface area (Å²) < 4.78 is 38.9. The lowest BCUT2D eigenvalue weighted by molar-refractivity contribution is -0.163. The molecule has 13 heteroatoms. The van der Waals surface area contributed by atoms with Gasteiger partial charge in [-0.15, -0.1) is 5.10 Å². The Kier molecular flexibility index (Phi) is 7.13. The van der Waals surface area contributed by atoms with Crippen LogP contribution in [-0.2, 0) is 9.59 Å². The van der Waals surface area contributed by atoms with Crippen LogP contribution in [0.25, 0.3) is 22.3 Å². The Morgan fingerprint density at radius 1 is 1.07 bits per heavy atom. The number of hydrogen-bond donors (Lipinski definition) is 0. The van der Waals surface area contributed by atoms with E-state index in [1.165, 1.54) is 4.90 Å². The standard InChI is InChI=1S/C32H34F2N8O3/c1-19(33)30(43)40-16-32(34,17-40)31(44)39-12-9-24(10-13-39)42-20(2)28(37-38-42)22-14-26-29(41(18-36-26)23-7-8-23)27(15-22)45-21(3)25-6-4-5-11-35-25/h4-6,11,14-15,18,21,23-24H,1,7-10,12-13,16-17H2,2-3H3/t21-/m1/s1. The fourth-order valence-electron chi connectivity index (χ4n) is 6.42. The van der Waals surface area contributed by atoms with Crippen LogP contribution in [0.5, 0.6) is 5.75 Å². The van der Waals surface area contributed by atoms with E-state index in [4.69, 9.17) is 9.72 Å². The van der Waals surface area contributed by atoms with E-state index < -0.39 is 36.4 Å². The molecule has 7 rings (SSSR count). The normalized spacial score (nSPS) is 18.9. The van der Waals surface area contributed by atoms with Gasteiger partial charge in [0.05, 0.1) is 42.4 Å². The minimum atomic E-state index is -2.20. The molecule has 234 valence electrons. The number of carbonyl (C=O) groups is 2. The highest BCUT2D eigenvalue weighted by molar-refractivity contribution is 5.95. The molecule has 2 amide bonds. The van der Waals surface area contributed by atoms with Crippen molar-refractivity contribution < 1.29 is 23.1 Å².